The Morgan fingerprint density at radius 3 is 1.87 bits per heavy atom. The third kappa shape index (κ3) is 15.1. The normalized spacial score (nSPS) is 12.8. The average Bonchev–Trinajstić information content (AvgIpc) is 2.30. The van der Waals surface area contributed by atoms with Gasteiger partial charge in [0.1, 0.15) is 43.9 Å². The molecule has 0 aliphatic heterocycles. The van der Waals surface area contributed by atoms with Gasteiger partial charge in [-0.05, 0) is 111 Å². The van der Waals surface area contributed by atoms with Crippen molar-refractivity contribution in [1.82, 2.24) is 14.4 Å². The number of imidazole rings is 1. The number of aromatic hydroxyl groups is 1. The van der Waals surface area contributed by atoms with Crippen LogP contribution >= 0.6 is 23.1 Å². The lowest BCUT2D eigenvalue weighted by Crippen LogP contribution is -2.08. The Balaban J connectivity index is 0.00000240. The van der Waals surface area contributed by atoms with Crippen molar-refractivity contribution in [3.63, 3.8) is 0 Å². The molecule has 3 aromatic heterocycles. The predicted octanol–water partition coefficient (Wildman–Crippen LogP) is 9.07. The van der Waals surface area contributed by atoms with Gasteiger partial charge < -0.3 is 9.84 Å². The fraction of sp³-hybridized carbons (Fsp3) is 0.222. The summed E-state index contributed by atoms with van der Waals surface area (Å²) in [5.74, 6) is -1.79. The van der Waals surface area contributed by atoms with E-state index in [1.165, 1.54) is 37.3 Å². The molecular formula is C45H40N10O20S8. The van der Waals surface area contributed by atoms with Crippen LogP contribution in [0.5, 0.6) is 11.6 Å². The molecule has 0 atom stereocenters. The van der Waals surface area contributed by atoms with Gasteiger partial charge in [0.05, 0.1) is 50.3 Å². The van der Waals surface area contributed by atoms with E-state index in [4.69, 9.17) is 17.4 Å². The Labute approximate surface area is 480 Å². The summed E-state index contributed by atoms with van der Waals surface area (Å²) in [6, 6.07) is 14.9. The Hall–Kier alpha value is -7.39. The minimum atomic E-state index is -4.88. The van der Waals surface area contributed by atoms with Gasteiger partial charge in [-0.3, -0.25) is 27.2 Å². The van der Waals surface area contributed by atoms with Crippen LogP contribution in [0, 0.1) is 39.0 Å². The Bertz CT molecular complexity index is 4870. The summed E-state index contributed by atoms with van der Waals surface area (Å²) in [6.07, 6.45) is -0.203. The number of thiazole rings is 1. The lowest BCUT2D eigenvalue weighted by Gasteiger charge is -2.12. The van der Waals surface area contributed by atoms with E-state index < -0.39 is 93.3 Å². The fourth-order valence-electron chi connectivity index (χ4n) is 7.92. The van der Waals surface area contributed by atoms with Gasteiger partial charge >= 0.3 is 10.6 Å². The number of rotatable bonds is 19. The van der Waals surface area contributed by atoms with Gasteiger partial charge in [0, 0.05) is 21.9 Å². The van der Waals surface area contributed by atoms with Crippen molar-refractivity contribution < 1.29 is 87.3 Å². The molecule has 438 valence electrons. The fourth-order valence-corrected chi connectivity index (χ4v) is 12.8. The summed E-state index contributed by atoms with van der Waals surface area (Å²) >= 11 is 1.90. The number of ether oxygens (including phenoxy) is 1. The van der Waals surface area contributed by atoms with E-state index in [0.29, 0.717) is 21.6 Å². The highest BCUT2D eigenvalue weighted by atomic mass is 32.2. The number of nitrogens with zero attached hydrogens (tertiary/aromatic N) is 10. The van der Waals surface area contributed by atoms with E-state index in [2.05, 4.69) is 40.7 Å². The van der Waals surface area contributed by atoms with Gasteiger partial charge in [0.25, 0.3) is 50.6 Å². The van der Waals surface area contributed by atoms with Crippen LogP contribution in [-0.4, -0.2) is 121 Å². The molecule has 0 saturated heterocycles. The summed E-state index contributed by atoms with van der Waals surface area (Å²) in [6.45, 7) is 5.97. The number of fused-ring (bicyclic) bond motifs is 6. The first-order chi connectivity index (χ1) is 38.6. The SMILES string of the molecule is Cc1cc(N=Nc2cc(OCCCS(=O)(=O)O)c(N=Nc3c(C)c(C#N)c4nc5c(S(=O)(=O)O)ccc(C)c5n4c3O)cc2C)c(SCCCS(=O)(=O)O)cc1N=Nc1nc2c(S(=O)(=O)O)cc3ccc(S(=O)(=O)O)cc3c2s1.O=S(=O)=O. The van der Waals surface area contributed by atoms with E-state index >= 15 is 0 Å². The third-order valence-corrected chi connectivity index (χ3v) is 18.0. The molecule has 0 unspecified atom stereocenters. The van der Waals surface area contributed by atoms with Gasteiger partial charge in [-0.1, -0.05) is 23.5 Å². The van der Waals surface area contributed by atoms with Crippen LogP contribution in [0.1, 0.15) is 40.7 Å². The molecule has 0 radical (unpaired) electrons. The molecule has 38 heteroatoms. The number of benzene rings is 5. The summed E-state index contributed by atoms with van der Waals surface area (Å²) in [4.78, 5) is 7.26. The predicted molar refractivity (Wildman–Crippen MR) is 298 cm³/mol. The molecule has 0 aliphatic rings. The summed E-state index contributed by atoms with van der Waals surface area (Å²) in [5.41, 5.74) is 0.895. The molecule has 0 spiro atoms. The molecule has 8 rings (SSSR count). The number of thioether (sulfide) groups is 1. The Kier molecular flexibility index (Phi) is 18.6. The zero-order chi connectivity index (χ0) is 61.3. The first kappa shape index (κ1) is 63.2. The first-order valence-corrected chi connectivity index (χ1v) is 33.2. The number of hydrogen-bond acceptors (Lipinski definition) is 26. The second-order valence-corrected chi connectivity index (χ2v) is 27.4. The van der Waals surface area contributed by atoms with E-state index in [-0.39, 0.29) is 113 Å². The van der Waals surface area contributed by atoms with Crippen LogP contribution in [0.4, 0.5) is 33.6 Å². The lowest BCUT2D eigenvalue weighted by atomic mass is 10.1. The second kappa shape index (κ2) is 24.4. The van der Waals surface area contributed by atoms with Crippen LogP contribution in [0.25, 0.3) is 37.7 Å². The molecule has 3 heterocycles. The number of pyridine rings is 1. The number of aryl methyl sites for hydroxylation is 3. The minimum Gasteiger partial charge on any atom is -0.493 e. The number of nitriles is 1. The van der Waals surface area contributed by atoms with Crippen molar-refractivity contribution in [1.29, 1.82) is 5.26 Å². The van der Waals surface area contributed by atoms with Gasteiger partial charge in [-0.2, -0.15) is 52.5 Å². The lowest BCUT2D eigenvalue weighted by molar-refractivity contribution is 0.317. The van der Waals surface area contributed by atoms with E-state index in [9.17, 15) is 75.2 Å². The van der Waals surface area contributed by atoms with Crippen LogP contribution in [-0.2, 0) is 61.2 Å². The summed E-state index contributed by atoms with van der Waals surface area (Å²) in [5, 5.41) is 48.2. The maximum absolute atomic E-state index is 12.5. The standard InChI is InChI=1S/C45H40N10O17S7.O3S/c1-22-7-10-36(78(66,67)68)39-41(22)55-43(47-39)29(21-46)25(4)38(44(55)56)53-51-32-15-23(2)30(19-34(32)72-11-5-13-75(57,58)59)49-52-33-16-24(3)31(20-35(33)73-12-6-14-76(60,61)62)50-54-45-48-40-37(79(69,70)71)17-26-8-9-27(77(63,64)65)18-28(26)42(40)74-45;1-4(2)3/h7-10,15-20,56H,5-6,11-14H2,1-4H3,(H,57,58,59)(H,60,61,62)(H,63,64,65)(H,66,67,68)(H,69,70,71);. The minimum absolute atomic E-state index is 0.0101. The van der Waals surface area contributed by atoms with Crippen LogP contribution in [0.15, 0.2) is 111 Å². The quantitative estimate of drug-likeness (QED) is 0.0190. The van der Waals surface area contributed by atoms with Crippen molar-refractivity contribution in [3.8, 4) is 17.7 Å². The molecule has 0 amide bonds. The molecule has 0 saturated carbocycles. The maximum Gasteiger partial charge on any atom is 0.425 e. The van der Waals surface area contributed by atoms with Crippen molar-refractivity contribution in [2.24, 2.45) is 30.7 Å². The molecule has 5 aromatic carbocycles. The van der Waals surface area contributed by atoms with Gasteiger partial charge in [-0.15, -0.1) is 50.0 Å². The zero-order valence-corrected chi connectivity index (χ0v) is 49.2. The van der Waals surface area contributed by atoms with E-state index in [1.54, 1.807) is 26.8 Å². The average molecular weight is 1300 g/mol. The second-order valence-electron chi connectivity index (χ2n) is 17.5. The molecule has 6 N–H and O–H groups in total. The highest BCUT2D eigenvalue weighted by molar-refractivity contribution is 7.99. The van der Waals surface area contributed by atoms with Gasteiger partial charge in [0.2, 0.25) is 11.0 Å². The summed E-state index contributed by atoms with van der Waals surface area (Å²) < 4.78 is 201. The molecule has 8 aromatic rings. The van der Waals surface area contributed by atoms with Gasteiger partial charge in [-0.25, -0.2) is 9.97 Å². The molecule has 30 nitrogen and oxygen atoms in total. The van der Waals surface area contributed by atoms with Crippen LogP contribution in [0.2, 0.25) is 0 Å². The van der Waals surface area contributed by atoms with E-state index in [1.807, 2.05) is 6.07 Å². The third-order valence-electron chi connectivity index (χ3n) is 11.6. The number of hydrogen-bond donors (Lipinski definition) is 6. The summed E-state index contributed by atoms with van der Waals surface area (Å²) in [7, 11) is -26.2. The molecule has 0 aliphatic carbocycles. The van der Waals surface area contributed by atoms with Crippen LogP contribution in [0.3, 0.4) is 0 Å². The van der Waals surface area contributed by atoms with Crippen molar-refractivity contribution in [2.75, 3.05) is 23.9 Å². The number of azo groups is 3. The largest absolute Gasteiger partial charge is 0.493 e. The number of aromatic nitrogens is 3. The Morgan fingerprint density at radius 2 is 1.25 bits per heavy atom. The molecule has 0 bridgehead atoms. The van der Waals surface area contributed by atoms with Crippen molar-refractivity contribution in [2.45, 2.75) is 60.1 Å². The molecule has 83 heavy (non-hydrogen) atoms. The highest BCUT2D eigenvalue weighted by Gasteiger charge is 2.27. The van der Waals surface area contributed by atoms with E-state index in [0.717, 1.165) is 51.8 Å². The van der Waals surface area contributed by atoms with Crippen molar-refractivity contribution >= 4 is 156 Å². The molecular weight excluding hydrogens is 1260 g/mol. The van der Waals surface area contributed by atoms with Gasteiger partial charge in [0.15, 0.2) is 11.3 Å². The highest BCUT2D eigenvalue weighted by Crippen LogP contribution is 2.45. The monoisotopic (exact) mass is 1300 g/mol. The first-order valence-electron chi connectivity index (χ1n) is 22.9. The zero-order valence-electron chi connectivity index (χ0n) is 42.7. The van der Waals surface area contributed by atoms with Crippen LogP contribution < -0.4 is 4.74 Å². The topological polar surface area (TPSA) is 481 Å². The smallest absolute Gasteiger partial charge is 0.425 e. The molecule has 0 fully saturated rings. The van der Waals surface area contributed by atoms with Crippen molar-refractivity contribution in [3.05, 3.63) is 88.5 Å². The Morgan fingerprint density at radius 1 is 0.663 bits per heavy atom. The maximum atomic E-state index is 12.5.